The lowest BCUT2D eigenvalue weighted by molar-refractivity contribution is 0.0986. The second kappa shape index (κ2) is 6.59. The molecule has 0 fully saturated rings. The van der Waals surface area contributed by atoms with Crippen LogP contribution in [-0.2, 0) is 6.42 Å². The fraction of sp³-hybridized carbons (Fsp3) is 0.190. The molecule has 0 saturated carbocycles. The van der Waals surface area contributed by atoms with Gasteiger partial charge < -0.3 is 9.88 Å². The van der Waals surface area contributed by atoms with Crippen molar-refractivity contribution < 1.29 is 9.59 Å². The van der Waals surface area contributed by atoms with Gasteiger partial charge >= 0.3 is 0 Å². The number of benzene rings is 2. The summed E-state index contributed by atoms with van der Waals surface area (Å²) in [5.74, 6) is -0.0416. The number of anilines is 1. The summed E-state index contributed by atoms with van der Waals surface area (Å²) in [6.07, 6.45) is 0.761. The predicted octanol–water partition coefficient (Wildman–Crippen LogP) is 4.90. The van der Waals surface area contributed by atoms with E-state index < -0.39 is 0 Å². The van der Waals surface area contributed by atoms with E-state index in [1.54, 1.807) is 20.0 Å². The molecule has 4 aromatic rings. The molecule has 1 N–H and O–H groups in total. The first kappa shape index (κ1) is 17.7. The zero-order chi connectivity index (χ0) is 20.1. The average molecular weight is 403 g/mol. The van der Waals surface area contributed by atoms with Gasteiger partial charge in [0.1, 0.15) is 0 Å². The first-order chi connectivity index (χ1) is 14.0. The van der Waals surface area contributed by atoms with E-state index in [2.05, 4.69) is 20.2 Å². The number of carbonyl (C=O) groups excluding carboxylic acids is 2. The van der Waals surface area contributed by atoms with Crippen molar-refractivity contribution in [2.75, 3.05) is 18.5 Å². The molecule has 5 rings (SSSR count). The number of rotatable bonds is 3. The number of carbonyl (C=O) groups is 2. The molecular formula is C21H17N5O2S. The maximum absolute atomic E-state index is 13.2. The number of hydrogen-bond donors (Lipinski definition) is 1. The minimum Gasteiger partial charge on any atom is -0.352 e. The number of aromatic amines is 1. The molecule has 144 valence electrons. The van der Waals surface area contributed by atoms with Crippen LogP contribution in [0.3, 0.4) is 0 Å². The van der Waals surface area contributed by atoms with Gasteiger partial charge in [-0.05, 0) is 48.4 Å². The van der Waals surface area contributed by atoms with Crippen LogP contribution in [0.15, 0.2) is 46.6 Å². The Morgan fingerprint density at radius 3 is 2.86 bits per heavy atom. The highest BCUT2D eigenvalue weighted by atomic mass is 32.1. The van der Waals surface area contributed by atoms with E-state index in [4.69, 9.17) is 0 Å². The van der Waals surface area contributed by atoms with E-state index in [-0.39, 0.29) is 11.7 Å². The third kappa shape index (κ3) is 2.84. The topological polar surface area (TPSA) is 90.8 Å². The Kier molecular flexibility index (Phi) is 4.02. The Hall–Kier alpha value is -3.39. The second-order valence-electron chi connectivity index (χ2n) is 6.95. The van der Waals surface area contributed by atoms with Crippen molar-refractivity contribution in [1.82, 2.24) is 9.97 Å². The highest BCUT2D eigenvalue weighted by molar-refractivity contribution is 7.21. The molecule has 2 aromatic heterocycles. The third-order valence-electron chi connectivity index (χ3n) is 5.20. The van der Waals surface area contributed by atoms with Gasteiger partial charge in [0.2, 0.25) is 5.13 Å². The van der Waals surface area contributed by atoms with Crippen LogP contribution in [0.5, 0.6) is 0 Å². The molecule has 2 aromatic carbocycles. The molecule has 0 atom stereocenters. The largest absolute Gasteiger partial charge is 0.352 e. The molecule has 0 aliphatic carbocycles. The van der Waals surface area contributed by atoms with Crippen LogP contribution < -0.4 is 4.90 Å². The Morgan fingerprint density at radius 1 is 1.21 bits per heavy atom. The summed E-state index contributed by atoms with van der Waals surface area (Å²) in [5.41, 5.74) is 4.94. The zero-order valence-corrected chi connectivity index (χ0v) is 16.7. The highest BCUT2D eigenvalue weighted by Gasteiger charge is 2.28. The standard InChI is InChI=1S/C21H17N5O2S/c1-11(27)17-10-14-13-7-8-26(18(13)6-5-15(14)23-17)20(28)12-3-4-16-19(9-12)29-21(24-16)25-22-2/h3-6,9-10,23H,7-8H2,1-2H3. The molecule has 0 bridgehead atoms. The lowest BCUT2D eigenvalue weighted by atomic mass is 10.1. The Bertz CT molecular complexity index is 1330. The molecule has 0 saturated heterocycles. The Labute approximate surface area is 170 Å². The molecule has 1 aliphatic heterocycles. The summed E-state index contributed by atoms with van der Waals surface area (Å²) < 4.78 is 0.907. The molecule has 29 heavy (non-hydrogen) atoms. The SMILES string of the molecule is CN=Nc1nc2ccc(C(=O)N3CCc4c3ccc3[nH]c(C(C)=O)cc43)cc2s1. The van der Waals surface area contributed by atoms with Crippen LogP contribution in [0.25, 0.3) is 21.1 Å². The van der Waals surface area contributed by atoms with Crippen LogP contribution in [0.2, 0.25) is 0 Å². The second-order valence-corrected chi connectivity index (χ2v) is 7.96. The van der Waals surface area contributed by atoms with Crippen molar-refractivity contribution in [3.8, 4) is 0 Å². The van der Waals surface area contributed by atoms with Crippen LogP contribution in [0, 0.1) is 0 Å². The van der Waals surface area contributed by atoms with Gasteiger partial charge in [-0.1, -0.05) is 11.3 Å². The lowest BCUT2D eigenvalue weighted by Crippen LogP contribution is -2.28. The average Bonchev–Trinajstić information content (AvgIpc) is 3.41. The molecule has 1 amide bonds. The Balaban J connectivity index is 1.53. The summed E-state index contributed by atoms with van der Waals surface area (Å²) in [5, 5.41) is 9.33. The quantitative estimate of drug-likeness (QED) is 0.390. The summed E-state index contributed by atoms with van der Waals surface area (Å²) in [6, 6.07) is 11.3. The predicted molar refractivity (Wildman–Crippen MR) is 114 cm³/mol. The summed E-state index contributed by atoms with van der Waals surface area (Å²) in [7, 11) is 1.60. The number of nitrogens with zero attached hydrogens (tertiary/aromatic N) is 4. The normalized spacial score (nSPS) is 13.7. The van der Waals surface area contributed by atoms with Crippen molar-refractivity contribution in [2.24, 2.45) is 10.2 Å². The van der Waals surface area contributed by atoms with Crippen molar-refractivity contribution in [1.29, 1.82) is 0 Å². The Morgan fingerprint density at radius 2 is 2.07 bits per heavy atom. The number of Topliss-reactive ketones (excluding diaryl/α,β-unsaturated/α-hetero) is 1. The van der Waals surface area contributed by atoms with Gasteiger partial charge in [0, 0.05) is 42.7 Å². The zero-order valence-electron chi connectivity index (χ0n) is 15.9. The van der Waals surface area contributed by atoms with Crippen LogP contribution in [0.1, 0.15) is 33.3 Å². The van der Waals surface area contributed by atoms with E-state index in [0.29, 0.717) is 22.9 Å². The van der Waals surface area contributed by atoms with Gasteiger partial charge in [0.05, 0.1) is 15.9 Å². The van der Waals surface area contributed by atoms with Crippen LogP contribution in [0.4, 0.5) is 10.8 Å². The maximum atomic E-state index is 13.2. The van der Waals surface area contributed by atoms with Gasteiger partial charge in [0.25, 0.3) is 5.91 Å². The summed E-state index contributed by atoms with van der Waals surface area (Å²) >= 11 is 1.41. The molecule has 0 unspecified atom stereocenters. The molecular weight excluding hydrogens is 386 g/mol. The van der Waals surface area contributed by atoms with Gasteiger partial charge in [-0.2, -0.15) is 5.11 Å². The molecule has 8 heteroatoms. The fourth-order valence-electron chi connectivity index (χ4n) is 3.84. The number of thiazole rings is 1. The van der Waals surface area contributed by atoms with Crippen molar-refractivity contribution in [3.05, 3.63) is 53.2 Å². The molecule has 7 nitrogen and oxygen atoms in total. The van der Waals surface area contributed by atoms with Crippen LogP contribution >= 0.6 is 11.3 Å². The number of nitrogens with one attached hydrogen (secondary N) is 1. The molecule has 0 spiro atoms. The van der Waals surface area contributed by atoms with Gasteiger partial charge in [0.15, 0.2) is 5.78 Å². The van der Waals surface area contributed by atoms with E-state index in [0.717, 1.165) is 38.8 Å². The van der Waals surface area contributed by atoms with E-state index >= 15 is 0 Å². The fourth-order valence-corrected chi connectivity index (χ4v) is 4.71. The number of hydrogen-bond acceptors (Lipinski definition) is 6. The number of fused-ring (bicyclic) bond motifs is 4. The number of azo groups is 1. The van der Waals surface area contributed by atoms with E-state index in [9.17, 15) is 9.59 Å². The van der Waals surface area contributed by atoms with Gasteiger partial charge in [-0.3, -0.25) is 9.59 Å². The van der Waals surface area contributed by atoms with Crippen molar-refractivity contribution in [3.63, 3.8) is 0 Å². The first-order valence-electron chi connectivity index (χ1n) is 9.23. The number of H-pyrrole nitrogens is 1. The highest BCUT2D eigenvalue weighted by Crippen LogP contribution is 2.36. The molecule has 1 aliphatic rings. The minimum absolute atomic E-state index is 0.000663. The molecule has 0 radical (unpaired) electrons. The third-order valence-corrected chi connectivity index (χ3v) is 6.10. The maximum Gasteiger partial charge on any atom is 0.258 e. The van der Waals surface area contributed by atoms with Gasteiger partial charge in [-0.15, -0.1) is 5.11 Å². The smallest absolute Gasteiger partial charge is 0.258 e. The first-order valence-corrected chi connectivity index (χ1v) is 10.0. The van der Waals surface area contributed by atoms with Crippen molar-refractivity contribution in [2.45, 2.75) is 13.3 Å². The summed E-state index contributed by atoms with van der Waals surface area (Å²) in [4.78, 5) is 34.3. The number of ketones is 1. The van der Waals surface area contributed by atoms with Gasteiger partial charge in [-0.25, -0.2) is 4.98 Å². The minimum atomic E-state index is -0.0422. The number of amides is 1. The van der Waals surface area contributed by atoms with E-state index in [1.807, 2.05) is 35.2 Å². The lowest BCUT2D eigenvalue weighted by Gasteiger charge is -2.17. The van der Waals surface area contributed by atoms with E-state index in [1.165, 1.54) is 11.3 Å². The summed E-state index contributed by atoms with van der Waals surface area (Å²) in [6.45, 7) is 2.16. The monoisotopic (exact) mass is 403 g/mol. The molecule has 3 heterocycles. The van der Waals surface area contributed by atoms with Crippen molar-refractivity contribution >= 4 is 55.0 Å². The van der Waals surface area contributed by atoms with Crippen LogP contribution in [-0.4, -0.2) is 35.3 Å². The number of aromatic nitrogens is 2.